The van der Waals surface area contributed by atoms with Crippen molar-refractivity contribution in [3.63, 3.8) is 0 Å². The van der Waals surface area contributed by atoms with E-state index in [4.69, 9.17) is 9.47 Å². The average molecular weight is 228 g/mol. The lowest BCUT2D eigenvalue weighted by Crippen LogP contribution is -2.08. The van der Waals surface area contributed by atoms with Crippen LogP contribution in [0.2, 0.25) is 0 Å². The fourth-order valence-electron chi connectivity index (χ4n) is 1.25. The van der Waals surface area contributed by atoms with Crippen LogP contribution in [0, 0.1) is 12.7 Å². The van der Waals surface area contributed by atoms with Crippen LogP contribution in [0.5, 0.6) is 5.75 Å². The Kier molecular flexibility index (Phi) is 4.25. The van der Waals surface area contributed by atoms with E-state index in [9.17, 15) is 9.18 Å². The highest BCUT2D eigenvalue weighted by Crippen LogP contribution is 2.24. The number of ether oxygens (including phenoxy) is 3. The molecule has 0 fully saturated rings. The molecule has 0 aliphatic rings. The molecule has 88 valence electrons. The van der Waals surface area contributed by atoms with Crippen LogP contribution < -0.4 is 4.74 Å². The third kappa shape index (κ3) is 2.70. The molecule has 1 aromatic carbocycles. The quantitative estimate of drug-likeness (QED) is 0.583. The van der Waals surface area contributed by atoms with Crippen molar-refractivity contribution in [1.29, 1.82) is 0 Å². The van der Waals surface area contributed by atoms with Gasteiger partial charge >= 0.3 is 5.97 Å². The van der Waals surface area contributed by atoms with Gasteiger partial charge in [-0.3, -0.25) is 0 Å². The molecular formula is C11H13FO4. The van der Waals surface area contributed by atoms with E-state index in [1.807, 2.05) is 0 Å². The zero-order valence-electron chi connectivity index (χ0n) is 9.37. The van der Waals surface area contributed by atoms with E-state index in [-0.39, 0.29) is 18.1 Å². The van der Waals surface area contributed by atoms with Gasteiger partial charge in [0.1, 0.15) is 11.6 Å². The van der Waals surface area contributed by atoms with Crippen LogP contribution in [0.4, 0.5) is 4.39 Å². The first kappa shape index (κ1) is 12.4. The molecule has 0 N–H and O–H groups in total. The summed E-state index contributed by atoms with van der Waals surface area (Å²) in [5.74, 6) is -0.890. The predicted octanol–water partition coefficient (Wildman–Crippen LogP) is 1.90. The van der Waals surface area contributed by atoms with E-state index < -0.39 is 11.8 Å². The Morgan fingerprint density at radius 2 is 2.06 bits per heavy atom. The van der Waals surface area contributed by atoms with E-state index in [2.05, 4.69) is 4.74 Å². The fourth-order valence-corrected chi connectivity index (χ4v) is 1.25. The minimum Gasteiger partial charge on any atom is -0.467 e. The van der Waals surface area contributed by atoms with Gasteiger partial charge in [-0.1, -0.05) is 0 Å². The van der Waals surface area contributed by atoms with Crippen molar-refractivity contribution in [2.75, 3.05) is 21.0 Å². The van der Waals surface area contributed by atoms with Gasteiger partial charge < -0.3 is 14.2 Å². The smallest absolute Gasteiger partial charge is 0.338 e. The third-order valence-corrected chi connectivity index (χ3v) is 2.06. The largest absolute Gasteiger partial charge is 0.467 e. The molecule has 0 aromatic heterocycles. The van der Waals surface area contributed by atoms with Crippen LogP contribution in [0.25, 0.3) is 0 Å². The van der Waals surface area contributed by atoms with Gasteiger partial charge in [0.25, 0.3) is 0 Å². The maximum Gasteiger partial charge on any atom is 0.338 e. The highest BCUT2D eigenvalue weighted by atomic mass is 19.1. The fraction of sp³-hybridized carbons (Fsp3) is 0.364. The van der Waals surface area contributed by atoms with Gasteiger partial charge in [-0.25, -0.2) is 9.18 Å². The van der Waals surface area contributed by atoms with Crippen molar-refractivity contribution >= 4 is 5.97 Å². The first-order chi connectivity index (χ1) is 7.60. The number of hydrogen-bond donors (Lipinski definition) is 0. The number of halogens is 1. The van der Waals surface area contributed by atoms with Gasteiger partial charge in [0.05, 0.1) is 12.7 Å². The van der Waals surface area contributed by atoms with Crippen LogP contribution >= 0.6 is 0 Å². The van der Waals surface area contributed by atoms with Crippen LogP contribution in [0.1, 0.15) is 15.9 Å². The molecule has 0 heterocycles. The first-order valence-corrected chi connectivity index (χ1v) is 4.60. The highest BCUT2D eigenvalue weighted by Gasteiger charge is 2.15. The van der Waals surface area contributed by atoms with E-state index in [0.717, 1.165) is 6.07 Å². The van der Waals surface area contributed by atoms with Crippen molar-refractivity contribution in [3.05, 3.63) is 29.1 Å². The summed E-state index contributed by atoms with van der Waals surface area (Å²) in [6, 6.07) is 2.31. The molecule has 0 saturated heterocycles. The summed E-state index contributed by atoms with van der Waals surface area (Å²) in [6.45, 7) is 1.64. The number of benzene rings is 1. The summed E-state index contributed by atoms with van der Waals surface area (Å²) in [5, 5.41) is 0. The first-order valence-electron chi connectivity index (χ1n) is 4.60. The second-order valence-corrected chi connectivity index (χ2v) is 3.12. The Balaban J connectivity index is 3.10. The molecule has 0 aliphatic carbocycles. The van der Waals surface area contributed by atoms with Gasteiger partial charge in [-0.05, 0) is 13.0 Å². The second kappa shape index (κ2) is 5.46. The van der Waals surface area contributed by atoms with E-state index in [1.54, 1.807) is 6.92 Å². The maximum absolute atomic E-state index is 13.2. The van der Waals surface area contributed by atoms with Crippen molar-refractivity contribution in [2.24, 2.45) is 0 Å². The monoisotopic (exact) mass is 228 g/mol. The summed E-state index contributed by atoms with van der Waals surface area (Å²) in [6.07, 6.45) is 0. The lowest BCUT2D eigenvalue weighted by molar-refractivity contribution is 0.0495. The summed E-state index contributed by atoms with van der Waals surface area (Å²) < 4.78 is 27.6. The normalized spacial score (nSPS) is 10.0. The Labute approximate surface area is 92.9 Å². The van der Waals surface area contributed by atoms with E-state index in [1.165, 1.54) is 20.3 Å². The molecule has 1 aromatic rings. The van der Waals surface area contributed by atoms with Crippen LogP contribution in [-0.4, -0.2) is 27.0 Å². The number of esters is 1. The lowest BCUT2D eigenvalue weighted by Gasteiger charge is -2.11. The molecular weight excluding hydrogens is 215 g/mol. The van der Waals surface area contributed by atoms with Crippen molar-refractivity contribution in [2.45, 2.75) is 6.92 Å². The van der Waals surface area contributed by atoms with Gasteiger partial charge in [0.15, 0.2) is 6.79 Å². The van der Waals surface area contributed by atoms with Crippen LogP contribution in [0.15, 0.2) is 12.1 Å². The molecule has 5 heteroatoms. The Bertz CT molecular complexity index is 390. The van der Waals surface area contributed by atoms with Gasteiger partial charge in [-0.15, -0.1) is 0 Å². The van der Waals surface area contributed by atoms with Crippen molar-refractivity contribution < 1.29 is 23.4 Å². The minimum atomic E-state index is -0.598. The molecule has 4 nitrogen and oxygen atoms in total. The SMILES string of the molecule is COCOc1cc(F)cc(C(=O)OC)c1C. The molecule has 1 rings (SSSR count). The molecule has 16 heavy (non-hydrogen) atoms. The summed E-state index contributed by atoms with van der Waals surface area (Å²) in [7, 11) is 2.69. The summed E-state index contributed by atoms with van der Waals surface area (Å²) >= 11 is 0. The number of carbonyl (C=O) groups excluding carboxylic acids is 1. The van der Waals surface area contributed by atoms with Crippen molar-refractivity contribution in [1.82, 2.24) is 0 Å². The van der Waals surface area contributed by atoms with Gasteiger partial charge in [0, 0.05) is 18.7 Å². The van der Waals surface area contributed by atoms with Crippen LogP contribution in [0.3, 0.4) is 0 Å². The molecule has 0 saturated carbocycles. The highest BCUT2D eigenvalue weighted by molar-refractivity contribution is 5.91. The van der Waals surface area contributed by atoms with Gasteiger partial charge in [0.2, 0.25) is 0 Å². The molecule has 0 aliphatic heterocycles. The average Bonchev–Trinajstić information content (AvgIpc) is 2.28. The minimum absolute atomic E-state index is 0.00902. The molecule has 0 bridgehead atoms. The van der Waals surface area contributed by atoms with Crippen LogP contribution in [-0.2, 0) is 9.47 Å². The molecule has 0 spiro atoms. The summed E-state index contributed by atoms with van der Waals surface area (Å²) in [4.78, 5) is 11.3. The lowest BCUT2D eigenvalue weighted by atomic mass is 10.1. The Morgan fingerprint density at radius 1 is 1.38 bits per heavy atom. The number of rotatable bonds is 4. The molecule has 0 amide bonds. The number of methoxy groups -OCH3 is 2. The number of carbonyl (C=O) groups is 1. The van der Waals surface area contributed by atoms with Gasteiger partial charge in [-0.2, -0.15) is 0 Å². The maximum atomic E-state index is 13.2. The Hall–Kier alpha value is -1.62. The van der Waals surface area contributed by atoms with E-state index in [0.29, 0.717) is 5.56 Å². The molecule has 0 radical (unpaired) electrons. The van der Waals surface area contributed by atoms with E-state index >= 15 is 0 Å². The predicted molar refractivity (Wildman–Crippen MR) is 55.0 cm³/mol. The number of hydrogen-bond acceptors (Lipinski definition) is 4. The molecule has 0 unspecified atom stereocenters. The molecule has 0 atom stereocenters. The summed E-state index contributed by atoms with van der Waals surface area (Å²) in [5.41, 5.74) is 0.666. The Morgan fingerprint density at radius 3 is 2.62 bits per heavy atom. The standard InChI is InChI=1S/C11H13FO4/c1-7-9(11(13)15-3)4-8(12)5-10(7)16-6-14-2/h4-5H,6H2,1-3H3. The zero-order valence-corrected chi connectivity index (χ0v) is 9.37. The third-order valence-electron chi connectivity index (χ3n) is 2.06. The topological polar surface area (TPSA) is 44.8 Å². The second-order valence-electron chi connectivity index (χ2n) is 3.12. The zero-order chi connectivity index (χ0) is 12.1. The van der Waals surface area contributed by atoms with Crippen molar-refractivity contribution in [3.8, 4) is 5.75 Å².